The van der Waals surface area contributed by atoms with Crippen LogP contribution in [0.2, 0.25) is 0 Å². The van der Waals surface area contributed by atoms with Crippen LogP contribution >= 0.6 is 15.9 Å². The summed E-state index contributed by atoms with van der Waals surface area (Å²) in [7, 11) is 0. The molecule has 0 radical (unpaired) electrons. The summed E-state index contributed by atoms with van der Waals surface area (Å²) >= 11 is 3.14. The summed E-state index contributed by atoms with van der Waals surface area (Å²) in [6.45, 7) is 0. The minimum absolute atomic E-state index is 0.486. The van der Waals surface area contributed by atoms with E-state index >= 15 is 0 Å². The molecule has 1 aromatic heterocycles. The number of nitrogens with two attached hydrogens (primary N) is 1. The van der Waals surface area contributed by atoms with Gasteiger partial charge in [0.1, 0.15) is 4.60 Å². The van der Waals surface area contributed by atoms with Crippen LogP contribution in [0.1, 0.15) is 5.56 Å². The zero-order valence-electron chi connectivity index (χ0n) is 6.57. The fourth-order valence-electron chi connectivity index (χ4n) is 0.755. The Morgan fingerprint density at radius 2 is 2.38 bits per heavy atom. The van der Waals surface area contributed by atoms with E-state index in [9.17, 15) is 4.79 Å². The molecule has 0 unspecified atom stereocenters. The molecule has 0 saturated heterocycles. The maximum atomic E-state index is 10.2. The van der Waals surface area contributed by atoms with Crippen molar-refractivity contribution < 1.29 is 9.90 Å². The number of aromatic nitrogens is 1. The fraction of sp³-hybridized carbons (Fsp3) is 0. The van der Waals surface area contributed by atoms with Crippen molar-refractivity contribution in [3.63, 3.8) is 0 Å². The molecule has 1 rings (SSSR count). The Bertz CT molecular complexity index is 363. The zero-order valence-corrected chi connectivity index (χ0v) is 8.15. The monoisotopic (exact) mass is 242 g/mol. The zero-order chi connectivity index (χ0) is 9.84. The SMILES string of the molecule is Nc1cc(Br)ncc1C=CC(=O)O. The van der Waals surface area contributed by atoms with Gasteiger partial charge >= 0.3 is 5.97 Å². The minimum atomic E-state index is -1.01. The van der Waals surface area contributed by atoms with E-state index in [4.69, 9.17) is 10.8 Å². The van der Waals surface area contributed by atoms with Gasteiger partial charge in [-0.05, 0) is 28.1 Å². The summed E-state index contributed by atoms with van der Waals surface area (Å²) < 4.78 is 0.623. The molecule has 5 heteroatoms. The predicted molar refractivity (Wildman–Crippen MR) is 53.0 cm³/mol. The van der Waals surface area contributed by atoms with E-state index in [1.165, 1.54) is 12.3 Å². The molecule has 1 aromatic rings. The lowest BCUT2D eigenvalue weighted by Gasteiger charge is -1.98. The third-order valence-corrected chi connectivity index (χ3v) is 1.77. The highest BCUT2D eigenvalue weighted by atomic mass is 79.9. The molecular formula is C8H7BrN2O2. The molecule has 0 aromatic carbocycles. The molecule has 0 saturated carbocycles. The van der Waals surface area contributed by atoms with E-state index in [0.717, 1.165) is 6.08 Å². The predicted octanol–water partition coefficient (Wildman–Crippen LogP) is 1.52. The molecule has 0 spiro atoms. The molecule has 0 bridgehead atoms. The molecule has 0 fully saturated rings. The molecule has 0 aliphatic rings. The minimum Gasteiger partial charge on any atom is -0.478 e. The molecular weight excluding hydrogens is 236 g/mol. The van der Waals surface area contributed by atoms with E-state index in [2.05, 4.69) is 20.9 Å². The van der Waals surface area contributed by atoms with Gasteiger partial charge < -0.3 is 10.8 Å². The molecule has 3 N–H and O–H groups in total. The second kappa shape index (κ2) is 4.04. The normalized spacial score (nSPS) is 10.5. The van der Waals surface area contributed by atoms with Gasteiger partial charge in [-0.15, -0.1) is 0 Å². The van der Waals surface area contributed by atoms with Crippen LogP contribution in [0.5, 0.6) is 0 Å². The van der Waals surface area contributed by atoms with Gasteiger partial charge in [0.15, 0.2) is 0 Å². The maximum absolute atomic E-state index is 10.2. The Kier molecular flexibility index (Phi) is 3.02. The first-order chi connectivity index (χ1) is 6.09. The lowest BCUT2D eigenvalue weighted by molar-refractivity contribution is -0.131. The Morgan fingerprint density at radius 3 is 2.92 bits per heavy atom. The van der Waals surface area contributed by atoms with Crippen molar-refractivity contribution >= 4 is 33.7 Å². The Morgan fingerprint density at radius 1 is 1.69 bits per heavy atom. The van der Waals surface area contributed by atoms with E-state index in [1.54, 1.807) is 6.07 Å². The molecule has 1 heterocycles. The average molecular weight is 243 g/mol. The number of anilines is 1. The van der Waals surface area contributed by atoms with Crippen molar-refractivity contribution in [2.75, 3.05) is 5.73 Å². The highest BCUT2D eigenvalue weighted by Crippen LogP contribution is 2.16. The molecule has 0 atom stereocenters. The lowest BCUT2D eigenvalue weighted by atomic mass is 10.2. The number of hydrogen-bond donors (Lipinski definition) is 2. The highest BCUT2D eigenvalue weighted by Gasteiger charge is 1.97. The van der Waals surface area contributed by atoms with Crippen LogP contribution in [0.4, 0.5) is 5.69 Å². The van der Waals surface area contributed by atoms with Crippen molar-refractivity contribution in [1.29, 1.82) is 0 Å². The Balaban J connectivity index is 2.96. The molecule has 0 amide bonds. The number of nitrogens with zero attached hydrogens (tertiary/aromatic N) is 1. The summed E-state index contributed by atoms with van der Waals surface area (Å²) in [5, 5.41) is 8.36. The van der Waals surface area contributed by atoms with E-state index in [0.29, 0.717) is 15.9 Å². The van der Waals surface area contributed by atoms with Crippen LogP contribution < -0.4 is 5.73 Å². The summed E-state index contributed by atoms with van der Waals surface area (Å²) in [5.74, 6) is -1.01. The fourth-order valence-corrected chi connectivity index (χ4v) is 1.10. The summed E-state index contributed by atoms with van der Waals surface area (Å²) in [6, 6.07) is 1.61. The number of carbonyl (C=O) groups is 1. The second-order valence-corrected chi connectivity index (χ2v) is 3.12. The molecule has 0 aliphatic heterocycles. The average Bonchev–Trinajstić information content (AvgIpc) is 2.02. The molecule has 4 nitrogen and oxygen atoms in total. The van der Waals surface area contributed by atoms with E-state index in [1.807, 2.05) is 0 Å². The number of pyridine rings is 1. The van der Waals surface area contributed by atoms with Gasteiger partial charge in [-0.3, -0.25) is 0 Å². The van der Waals surface area contributed by atoms with Gasteiger partial charge in [-0.2, -0.15) is 0 Å². The van der Waals surface area contributed by atoms with Gasteiger partial charge in [-0.25, -0.2) is 9.78 Å². The van der Waals surface area contributed by atoms with E-state index in [-0.39, 0.29) is 0 Å². The van der Waals surface area contributed by atoms with Crippen LogP contribution in [0.3, 0.4) is 0 Å². The van der Waals surface area contributed by atoms with Gasteiger partial charge in [-0.1, -0.05) is 0 Å². The second-order valence-electron chi connectivity index (χ2n) is 2.31. The van der Waals surface area contributed by atoms with E-state index < -0.39 is 5.97 Å². The summed E-state index contributed by atoms with van der Waals surface area (Å²) in [4.78, 5) is 14.1. The van der Waals surface area contributed by atoms with Gasteiger partial charge in [0.05, 0.1) is 0 Å². The number of halogens is 1. The van der Waals surface area contributed by atoms with Crippen LogP contribution in [-0.2, 0) is 4.79 Å². The number of rotatable bonds is 2. The van der Waals surface area contributed by atoms with Crippen LogP contribution in [0.15, 0.2) is 22.9 Å². The highest BCUT2D eigenvalue weighted by molar-refractivity contribution is 9.10. The van der Waals surface area contributed by atoms with Crippen molar-refractivity contribution in [2.24, 2.45) is 0 Å². The van der Waals surface area contributed by atoms with Crippen molar-refractivity contribution in [1.82, 2.24) is 4.98 Å². The summed E-state index contributed by atoms with van der Waals surface area (Å²) in [6.07, 6.45) is 3.91. The standard InChI is InChI=1S/C8H7BrN2O2/c9-7-3-6(10)5(4-11-7)1-2-8(12)13/h1-4H,(H2,10,11)(H,12,13). The van der Waals surface area contributed by atoms with Gasteiger partial charge in [0, 0.05) is 23.5 Å². The topological polar surface area (TPSA) is 76.2 Å². The third-order valence-electron chi connectivity index (χ3n) is 1.34. The molecule has 68 valence electrons. The lowest BCUT2D eigenvalue weighted by Crippen LogP contribution is -1.92. The largest absolute Gasteiger partial charge is 0.478 e. The quantitative estimate of drug-likeness (QED) is 0.609. The van der Waals surface area contributed by atoms with Gasteiger partial charge in [0.25, 0.3) is 0 Å². The first-order valence-electron chi connectivity index (χ1n) is 3.41. The van der Waals surface area contributed by atoms with Crippen LogP contribution in [0.25, 0.3) is 6.08 Å². The smallest absolute Gasteiger partial charge is 0.328 e. The number of aliphatic carboxylic acids is 1. The van der Waals surface area contributed by atoms with Crippen molar-refractivity contribution in [3.05, 3.63) is 28.5 Å². The summed E-state index contributed by atoms with van der Waals surface area (Å²) in [5.41, 5.74) is 6.67. The number of hydrogen-bond acceptors (Lipinski definition) is 3. The maximum Gasteiger partial charge on any atom is 0.328 e. The van der Waals surface area contributed by atoms with Crippen LogP contribution in [0, 0.1) is 0 Å². The molecule has 13 heavy (non-hydrogen) atoms. The van der Waals surface area contributed by atoms with Crippen molar-refractivity contribution in [2.45, 2.75) is 0 Å². The first-order valence-corrected chi connectivity index (χ1v) is 4.21. The Hall–Kier alpha value is -1.36. The number of carboxylic acids is 1. The number of nitrogen functional groups attached to an aromatic ring is 1. The van der Waals surface area contributed by atoms with Gasteiger partial charge in [0.2, 0.25) is 0 Å². The third kappa shape index (κ3) is 2.87. The Labute approximate surface area is 83.2 Å². The van der Waals surface area contributed by atoms with Crippen molar-refractivity contribution in [3.8, 4) is 0 Å². The first kappa shape index (κ1) is 9.73. The molecule has 0 aliphatic carbocycles. The number of carboxylic acid groups (broad SMARTS) is 1. The van der Waals surface area contributed by atoms with Crippen LogP contribution in [-0.4, -0.2) is 16.1 Å².